The number of halogens is 1. The minimum absolute atomic E-state index is 0.122. The Balaban J connectivity index is 1.98. The maximum Gasteiger partial charge on any atom is 0.257 e. The molecule has 0 aliphatic rings. The molecule has 0 aliphatic carbocycles. The second kappa shape index (κ2) is 9.41. The number of amides is 1. The van der Waals surface area contributed by atoms with E-state index >= 15 is 0 Å². The van der Waals surface area contributed by atoms with Gasteiger partial charge in [0.25, 0.3) is 5.91 Å². The first kappa shape index (κ1) is 21.5. The molecule has 0 aliphatic heterocycles. The summed E-state index contributed by atoms with van der Waals surface area (Å²) in [5.41, 5.74) is 1.04. The van der Waals surface area contributed by atoms with Gasteiger partial charge in [-0.1, -0.05) is 22.9 Å². The number of nitrogens with one attached hydrogen (secondary N) is 3. The zero-order chi connectivity index (χ0) is 20.0. The van der Waals surface area contributed by atoms with Gasteiger partial charge >= 0.3 is 0 Å². The predicted molar refractivity (Wildman–Crippen MR) is 114 cm³/mol. The van der Waals surface area contributed by atoms with Gasteiger partial charge in [-0.3, -0.25) is 10.1 Å². The molecule has 2 aromatic rings. The Labute approximate surface area is 172 Å². The minimum atomic E-state index is -3.56. The molecule has 9 heteroatoms. The number of thiocarbonyl (C=S) groups is 1. The van der Waals surface area contributed by atoms with Crippen LogP contribution in [0.25, 0.3) is 0 Å². The molecular formula is C18H20BrN3O3S2. The number of rotatable bonds is 6. The van der Waals surface area contributed by atoms with Crippen LogP contribution in [-0.4, -0.2) is 25.5 Å². The highest BCUT2D eigenvalue weighted by molar-refractivity contribution is 9.10. The van der Waals surface area contributed by atoms with Crippen molar-refractivity contribution in [1.29, 1.82) is 0 Å². The van der Waals surface area contributed by atoms with Crippen molar-refractivity contribution in [2.75, 3.05) is 5.32 Å². The van der Waals surface area contributed by atoms with E-state index in [-0.39, 0.29) is 22.0 Å². The summed E-state index contributed by atoms with van der Waals surface area (Å²) in [5, 5.41) is 5.56. The van der Waals surface area contributed by atoms with Gasteiger partial charge in [0.15, 0.2) is 5.11 Å². The van der Waals surface area contributed by atoms with Crippen LogP contribution < -0.4 is 15.4 Å². The summed E-state index contributed by atoms with van der Waals surface area (Å²) in [4.78, 5) is 12.3. The Morgan fingerprint density at radius 1 is 1.11 bits per heavy atom. The van der Waals surface area contributed by atoms with Gasteiger partial charge in [0.2, 0.25) is 10.0 Å². The van der Waals surface area contributed by atoms with Crippen molar-refractivity contribution in [3.05, 3.63) is 58.6 Å². The molecule has 0 radical (unpaired) electrons. The van der Waals surface area contributed by atoms with E-state index in [9.17, 15) is 13.2 Å². The van der Waals surface area contributed by atoms with Crippen LogP contribution in [0.15, 0.2) is 57.9 Å². The molecule has 1 unspecified atom stereocenters. The Hall–Kier alpha value is -1.81. The van der Waals surface area contributed by atoms with E-state index in [0.717, 1.165) is 4.47 Å². The van der Waals surface area contributed by atoms with Crippen molar-refractivity contribution >= 4 is 54.9 Å². The number of anilines is 1. The van der Waals surface area contributed by atoms with E-state index in [4.69, 9.17) is 12.2 Å². The zero-order valence-electron chi connectivity index (χ0n) is 14.8. The first-order valence-corrected chi connectivity index (χ1v) is 10.9. The summed E-state index contributed by atoms with van der Waals surface area (Å²) in [6.07, 6.45) is 0.700. The smallest absolute Gasteiger partial charge is 0.257 e. The molecule has 0 heterocycles. The van der Waals surface area contributed by atoms with Gasteiger partial charge in [-0.2, -0.15) is 0 Å². The molecule has 2 rings (SSSR count). The topological polar surface area (TPSA) is 87.3 Å². The summed E-state index contributed by atoms with van der Waals surface area (Å²) in [6, 6.07) is 12.9. The molecule has 0 saturated heterocycles. The quantitative estimate of drug-likeness (QED) is 0.561. The van der Waals surface area contributed by atoms with Crippen LogP contribution in [0.5, 0.6) is 0 Å². The standard InChI is InChI=1S/C18H20BrN3O3S2/c1-3-12(2)22-27(24,25)16-10-8-15(9-11-16)20-18(26)21-17(23)13-4-6-14(19)7-5-13/h4-12,22H,3H2,1-2H3,(H2,20,21,23,26). The molecule has 0 aromatic heterocycles. The third-order valence-electron chi connectivity index (χ3n) is 3.72. The number of carbonyl (C=O) groups excluding carboxylic acids is 1. The molecule has 2 aromatic carbocycles. The molecule has 1 atom stereocenters. The van der Waals surface area contributed by atoms with Crippen molar-refractivity contribution in [2.45, 2.75) is 31.2 Å². The average Bonchev–Trinajstić information content (AvgIpc) is 2.62. The van der Waals surface area contributed by atoms with Gasteiger partial charge in [-0.25, -0.2) is 13.1 Å². The molecule has 1 amide bonds. The monoisotopic (exact) mass is 469 g/mol. The normalized spacial score (nSPS) is 12.3. The molecule has 3 N–H and O–H groups in total. The molecule has 27 heavy (non-hydrogen) atoms. The third-order valence-corrected chi connectivity index (χ3v) is 6.06. The molecule has 0 fully saturated rings. The molecular weight excluding hydrogens is 450 g/mol. The lowest BCUT2D eigenvalue weighted by molar-refractivity contribution is 0.0977. The Morgan fingerprint density at radius 3 is 2.26 bits per heavy atom. The molecule has 0 spiro atoms. The summed E-state index contributed by atoms with van der Waals surface area (Å²) in [7, 11) is -3.56. The van der Waals surface area contributed by atoms with E-state index in [1.54, 1.807) is 43.3 Å². The number of hydrogen-bond donors (Lipinski definition) is 3. The number of benzene rings is 2. The van der Waals surface area contributed by atoms with E-state index in [1.807, 2.05) is 6.92 Å². The first-order valence-electron chi connectivity index (χ1n) is 8.21. The predicted octanol–water partition coefficient (Wildman–Crippen LogP) is 3.65. The van der Waals surface area contributed by atoms with Crippen molar-refractivity contribution < 1.29 is 13.2 Å². The largest absolute Gasteiger partial charge is 0.332 e. The third kappa shape index (κ3) is 6.39. The van der Waals surface area contributed by atoms with Crippen LogP contribution in [0.1, 0.15) is 30.6 Å². The lowest BCUT2D eigenvalue weighted by atomic mass is 10.2. The van der Waals surface area contributed by atoms with Gasteiger partial charge in [-0.05, 0) is 74.1 Å². The second-order valence-electron chi connectivity index (χ2n) is 5.87. The van der Waals surface area contributed by atoms with E-state index in [0.29, 0.717) is 17.7 Å². The fraction of sp³-hybridized carbons (Fsp3) is 0.222. The van der Waals surface area contributed by atoms with E-state index in [1.165, 1.54) is 12.1 Å². The average molecular weight is 470 g/mol. The minimum Gasteiger partial charge on any atom is -0.332 e. The fourth-order valence-electron chi connectivity index (χ4n) is 2.07. The summed E-state index contributed by atoms with van der Waals surface area (Å²) in [5.74, 6) is -0.336. The number of hydrogen-bond acceptors (Lipinski definition) is 4. The highest BCUT2D eigenvalue weighted by atomic mass is 79.9. The lowest BCUT2D eigenvalue weighted by Crippen LogP contribution is -2.34. The van der Waals surface area contributed by atoms with Crippen molar-refractivity contribution in [2.24, 2.45) is 0 Å². The van der Waals surface area contributed by atoms with Crippen molar-refractivity contribution in [3.8, 4) is 0 Å². The maximum absolute atomic E-state index is 12.2. The highest BCUT2D eigenvalue weighted by Gasteiger charge is 2.16. The lowest BCUT2D eigenvalue weighted by Gasteiger charge is -2.13. The Kier molecular flexibility index (Phi) is 7.49. The van der Waals surface area contributed by atoms with Gasteiger partial charge < -0.3 is 5.32 Å². The fourth-order valence-corrected chi connectivity index (χ4v) is 3.87. The molecule has 0 bridgehead atoms. The molecule has 0 saturated carbocycles. The zero-order valence-corrected chi connectivity index (χ0v) is 18.0. The van der Waals surface area contributed by atoms with E-state index < -0.39 is 10.0 Å². The molecule has 144 valence electrons. The van der Waals surface area contributed by atoms with Gasteiger partial charge in [0.05, 0.1) is 4.90 Å². The van der Waals surface area contributed by atoms with Crippen LogP contribution in [0, 0.1) is 0 Å². The maximum atomic E-state index is 12.2. The van der Waals surface area contributed by atoms with Crippen LogP contribution in [0.2, 0.25) is 0 Å². The van der Waals surface area contributed by atoms with Gasteiger partial charge in [-0.15, -0.1) is 0 Å². The van der Waals surface area contributed by atoms with E-state index in [2.05, 4.69) is 31.3 Å². The second-order valence-corrected chi connectivity index (χ2v) is 8.91. The Bertz CT molecular complexity index is 914. The van der Waals surface area contributed by atoms with Crippen LogP contribution >= 0.6 is 28.1 Å². The van der Waals surface area contributed by atoms with Gasteiger partial charge in [0.1, 0.15) is 0 Å². The van der Waals surface area contributed by atoms with Crippen LogP contribution in [-0.2, 0) is 10.0 Å². The summed E-state index contributed by atoms with van der Waals surface area (Å²) in [6.45, 7) is 3.71. The number of carbonyl (C=O) groups is 1. The van der Waals surface area contributed by atoms with Crippen LogP contribution in [0.4, 0.5) is 5.69 Å². The van der Waals surface area contributed by atoms with Crippen molar-refractivity contribution in [3.63, 3.8) is 0 Å². The van der Waals surface area contributed by atoms with Crippen LogP contribution in [0.3, 0.4) is 0 Å². The van der Waals surface area contributed by atoms with Gasteiger partial charge in [0, 0.05) is 21.8 Å². The Morgan fingerprint density at radius 2 is 1.70 bits per heavy atom. The SMILES string of the molecule is CCC(C)NS(=O)(=O)c1ccc(NC(=S)NC(=O)c2ccc(Br)cc2)cc1. The highest BCUT2D eigenvalue weighted by Crippen LogP contribution is 2.15. The summed E-state index contributed by atoms with van der Waals surface area (Å²) < 4.78 is 28.0. The first-order chi connectivity index (χ1) is 12.7. The van der Waals surface area contributed by atoms with Crippen molar-refractivity contribution in [1.82, 2.24) is 10.0 Å². The number of sulfonamides is 1. The molecule has 6 nitrogen and oxygen atoms in total. The summed E-state index contributed by atoms with van der Waals surface area (Å²) >= 11 is 8.44.